The number of rotatable bonds is 3. The Labute approximate surface area is 104 Å². The third-order valence-corrected chi connectivity index (χ3v) is 2.53. The van der Waals surface area contributed by atoms with E-state index in [1.54, 1.807) is 25.1 Å². The van der Waals surface area contributed by atoms with E-state index in [-0.39, 0.29) is 12.5 Å². The van der Waals surface area contributed by atoms with Gasteiger partial charge in [0.15, 0.2) is 0 Å². The Balaban J connectivity index is 2.56. The molecule has 0 spiro atoms. The number of benzene rings is 1. The second kappa shape index (κ2) is 6.10. The van der Waals surface area contributed by atoms with Crippen molar-refractivity contribution in [3.8, 4) is 0 Å². The lowest BCUT2D eigenvalue weighted by Gasteiger charge is -2.09. The molecule has 0 fully saturated rings. The van der Waals surface area contributed by atoms with E-state index in [1.165, 1.54) is 7.11 Å². The first-order valence-electron chi connectivity index (χ1n) is 4.91. The number of alkyl carbamates (subject to hydrolysis) is 1. The van der Waals surface area contributed by atoms with Gasteiger partial charge in [-0.15, -0.1) is 0 Å². The van der Waals surface area contributed by atoms with Crippen LogP contribution in [-0.2, 0) is 9.53 Å². The summed E-state index contributed by atoms with van der Waals surface area (Å²) in [6, 6.07) is 5.20. The molecule has 92 valence electrons. The average Bonchev–Trinajstić information content (AvgIpc) is 2.32. The van der Waals surface area contributed by atoms with Crippen LogP contribution in [0.25, 0.3) is 0 Å². The summed E-state index contributed by atoms with van der Waals surface area (Å²) in [5.41, 5.74) is 1.40. The van der Waals surface area contributed by atoms with Crippen molar-refractivity contribution in [1.29, 1.82) is 0 Å². The van der Waals surface area contributed by atoms with Gasteiger partial charge in [0, 0.05) is 10.7 Å². The van der Waals surface area contributed by atoms with Crippen molar-refractivity contribution in [3.05, 3.63) is 28.8 Å². The standard InChI is InChI=1S/C11H13ClN2O3/c1-7-8(12)4-3-5-9(7)14-10(15)6-13-11(16)17-2/h3-5H,6H2,1-2H3,(H,13,16)(H,14,15). The minimum atomic E-state index is -0.650. The highest BCUT2D eigenvalue weighted by atomic mass is 35.5. The molecule has 5 nitrogen and oxygen atoms in total. The number of amides is 2. The molecule has 17 heavy (non-hydrogen) atoms. The number of nitrogens with one attached hydrogen (secondary N) is 2. The molecule has 0 aliphatic carbocycles. The highest BCUT2D eigenvalue weighted by Gasteiger charge is 2.08. The summed E-state index contributed by atoms with van der Waals surface area (Å²) < 4.78 is 4.34. The van der Waals surface area contributed by atoms with Crippen LogP contribution in [0.3, 0.4) is 0 Å². The molecule has 2 amide bonds. The third-order valence-electron chi connectivity index (χ3n) is 2.12. The Bertz CT molecular complexity index is 435. The van der Waals surface area contributed by atoms with Gasteiger partial charge in [0.05, 0.1) is 7.11 Å². The number of halogens is 1. The summed E-state index contributed by atoms with van der Waals surface area (Å²) >= 11 is 5.91. The van der Waals surface area contributed by atoms with Crippen LogP contribution < -0.4 is 10.6 Å². The highest BCUT2D eigenvalue weighted by molar-refractivity contribution is 6.31. The Morgan fingerprint density at radius 1 is 1.41 bits per heavy atom. The van der Waals surface area contributed by atoms with Crippen LogP contribution >= 0.6 is 11.6 Å². The number of anilines is 1. The van der Waals surface area contributed by atoms with E-state index in [9.17, 15) is 9.59 Å². The Morgan fingerprint density at radius 2 is 2.12 bits per heavy atom. The van der Waals surface area contributed by atoms with Gasteiger partial charge in [-0.3, -0.25) is 4.79 Å². The van der Waals surface area contributed by atoms with E-state index >= 15 is 0 Å². The molecule has 2 N–H and O–H groups in total. The maximum atomic E-state index is 11.5. The van der Waals surface area contributed by atoms with Crippen molar-refractivity contribution < 1.29 is 14.3 Å². The number of ether oxygens (including phenoxy) is 1. The van der Waals surface area contributed by atoms with Gasteiger partial charge in [-0.05, 0) is 24.6 Å². The van der Waals surface area contributed by atoms with Crippen LogP contribution in [0.15, 0.2) is 18.2 Å². The number of carbonyl (C=O) groups excluding carboxylic acids is 2. The van der Waals surface area contributed by atoms with Crippen molar-refractivity contribution in [2.75, 3.05) is 19.0 Å². The van der Waals surface area contributed by atoms with Gasteiger partial charge in [0.25, 0.3) is 0 Å². The lowest BCUT2D eigenvalue weighted by molar-refractivity contribution is -0.115. The van der Waals surface area contributed by atoms with Gasteiger partial charge in [0.2, 0.25) is 5.91 Å². The fraction of sp³-hybridized carbons (Fsp3) is 0.273. The Morgan fingerprint density at radius 3 is 2.76 bits per heavy atom. The molecule has 0 saturated heterocycles. The van der Waals surface area contributed by atoms with E-state index in [2.05, 4.69) is 15.4 Å². The van der Waals surface area contributed by atoms with Gasteiger partial charge in [0.1, 0.15) is 6.54 Å². The van der Waals surface area contributed by atoms with Gasteiger partial charge in [-0.1, -0.05) is 17.7 Å². The molecular formula is C11H13ClN2O3. The molecule has 1 aromatic carbocycles. The van der Waals surface area contributed by atoms with Crippen molar-refractivity contribution in [3.63, 3.8) is 0 Å². The van der Waals surface area contributed by atoms with Crippen LogP contribution in [0, 0.1) is 6.92 Å². The lowest BCUT2D eigenvalue weighted by atomic mass is 10.2. The molecule has 0 aromatic heterocycles. The number of hydrogen-bond acceptors (Lipinski definition) is 3. The van der Waals surface area contributed by atoms with E-state index < -0.39 is 6.09 Å². The molecule has 0 heterocycles. The molecule has 1 rings (SSSR count). The average molecular weight is 257 g/mol. The van der Waals surface area contributed by atoms with Gasteiger partial charge in [-0.2, -0.15) is 0 Å². The van der Waals surface area contributed by atoms with Crippen molar-refractivity contribution in [2.24, 2.45) is 0 Å². The first kappa shape index (κ1) is 13.3. The zero-order valence-electron chi connectivity index (χ0n) is 9.54. The number of hydrogen-bond donors (Lipinski definition) is 2. The first-order chi connectivity index (χ1) is 8.04. The third kappa shape index (κ3) is 3.96. The summed E-state index contributed by atoms with van der Waals surface area (Å²) in [5.74, 6) is -0.347. The minimum Gasteiger partial charge on any atom is -0.453 e. The maximum Gasteiger partial charge on any atom is 0.407 e. The summed E-state index contributed by atoms with van der Waals surface area (Å²) in [5, 5.41) is 5.49. The Hall–Kier alpha value is -1.75. The first-order valence-corrected chi connectivity index (χ1v) is 5.29. The molecule has 6 heteroatoms. The second-order valence-corrected chi connectivity index (χ2v) is 3.71. The highest BCUT2D eigenvalue weighted by Crippen LogP contribution is 2.22. The maximum absolute atomic E-state index is 11.5. The summed E-state index contributed by atoms with van der Waals surface area (Å²) in [6.07, 6.45) is -0.650. The van der Waals surface area contributed by atoms with E-state index in [0.717, 1.165) is 5.56 Å². The minimum absolute atomic E-state index is 0.154. The fourth-order valence-corrected chi connectivity index (χ4v) is 1.34. The topological polar surface area (TPSA) is 67.4 Å². The second-order valence-electron chi connectivity index (χ2n) is 3.31. The SMILES string of the molecule is COC(=O)NCC(=O)Nc1cccc(Cl)c1C. The normalized spacial score (nSPS) is 9.59. The predicted molar refractivity (Wildman–Crippen MR) is 65.2 cm³/mol. The Kier molecular flexibility index (Phi) is 4.78. The number of methoxy groups -OCH3 is 1. The molecule has 0 bridgehead atoms. The van der Waals surface area contributed by atoms with Crippen molar-refractivity contribution in [1.82, 2.24) is 5.32 Å². The van der Waals surface area contributed by atoms with Crippen LogP contribution in [-0.4, -0.2) is 25.7 Å². The fourth-order valence-electron chi connectivity index (χ4n) is 1.16. The summed E-state index contributed by atoms with van der Waals surface area (Å²) in [7, 11) is 1.23. The quantitative estimate of drug-likeness (QED) is 0.869. The molecule has 1 aromatic rings. The largest absolute Gasteiger partial charge is 0.453 e. The van der Waals surface area contributed by atoms with Gasteiger partial charge < -0.3 is 15.4 Å². The molecule has 0 aliphatic heterocycles. The smallest absolute Gasteiger partial charge is 0.407 e. The zero-order chi connectivity index (χ0) is 12.8. The monoisotopic (exact) mass is 256 g/mol. The van der Waals surface area contributed by atoms with Crippen LogP contribution in [0.5, 0.6) is 0 Å². The molecule has 0 radical (unpaired) electrons. The van der Waals surface area contributed by atoms with E-state index in [4.69, 9.17) is 11.6 Å². The van der Waals surface area contributed by atoms with Crippen molar-refractivity contribution in [2.45, 2.75) is 6.92 Å². The summed E-state index contributed by atoms with van der Waals surface area (Å²) in [4.78, 5) is 22.2. The van der Waals surface area contributed by atoms with Gasteiger partial charge in [-0.25, -0.2) is 4.79 Å². The van der Waals surface area contributed by atoms with E-state index in [1.807, 2.05) is 0 Å². The van der Waals surface area contributed by atoms with Crippen LogP contribution in [0.2, 0.25) is 5.02 Å². The summed E-state index contributed by atoms with van der Waals surface area (Å²) in [6.45, 7) is 1.64. The number of carbonyl (C=O) groups is 2. The molecule has 0 atom stereocenters. The predicted octanol–water partition coefficient (Wildman–Crippen LogP) is 1.94. The molecule has 0 aliphatic rings. The van der Waals surface area contributed by atoms with E-state index in [0.29, 0.717) is 10.7 Å². The van der Waals surface area contributed by atoms with Crippen molar-refractivity contribution >= 4 is 29.3 Å². The van der Waals surface area contributed by atoms with Crippen LogP contribution in [0.4, 0.5) is 10.5 Å². The van der Waals surface area contributed by atoms with Crippen LogP contribution in [0.1, 0.15) is 5.56 Å². The lowest BCUT2D eigenvalue weighted by Crippen LogP contribution is -2.32. The molecule has 0 saturated carbocycles. The molecular weight excluding hydrogens is 244 g/mol. The zero-order valence-corrected chi connectivity index (χ0v) is 10.3. The molecule has 0 unspecified atom stereocenters. The van der Waals surface area contributed by atoms with Gasteiger partial charge >= 0.3 is 6.09 Å².